The van der Waals surface area contributed by atoms with Crippen molar-refractivity contribution in [3.63, 3.8) is 0 Å². The fourth-order valence-corrected chi connectivity index (χ4v) is 1.48. The van der Waals surface area contributed by atoms with Crippen LogP contribution in [0.3, 0.4) is 0 Å². The van der Waals surface area contributed by atoms with Crippen LogP contribution in [0.1, 0.15) is 5.56 Å². The van der Waals surface area contributed by atoms with Crippen LogP contribution >= 0.6 is 0 Å². The number of hydrogen-bond donors (Lipinski definition) is 1. The number of hydrogen-bond acceptors (Lipinski definition) is 5. The molecule has 16 heavy (non-hydrogen) atoms. The molecular weight excluding hydrogens is 208 g/mol. The Kier molecular flexibility index (Phi) is 3.11. The van der Waals surface area contributed by atoms with E-state index in [1.54, 1.807) is 20.6 Å². The third-order valence-electron chi connectivity index (χ3n) is 2.26. The van der Waals surface area contributed by atoms with Crippen LogP contribution < -0.4 is 14.5 Å². The van der Waals surface area contributed by atoms with Crippen LogP contribution in [-0.4, -0.2) is 20.6 Å². The molecule has 1 heterocycles. The van der Waals surface area contributed by atoms with E-state index in [0.29, 0.717) is 12.3 Å². The summed E-state index contributed by atoms with van der Waals surface area (Å²) < 4.78 is 10.4. The fourth-order valence-electron chi connectivity index (χ4n) is 1.48. The summed E-state index contributed by atoms with van der Waals surface area (Å²) in [5.74, 6) is 1.44. The van der Waals surface area contributed by atoms with E-state index in [1.165, 1.54) is 0 Å². The molecule has 0 bridgehead atoms. The van der Waals surface area contributed by atoms with Crippen molar-refractivity contribution in [2.45, 2.75) is 6.54 Å². The summed E-state index contributed by atoms with van der Waals surface area (Å²) >= 11 is 0. The zero-order valence-electron chi connectivity index (χ0n) is 9.17. The highest BCUT2D eigenvalue weighted by Crippen LogP contribution is 2.27. The summed E-state index contributed by atoms with van der Waals surface area (Å²) in [4.78, 5) is 0. The van der Waals surface area contributed by atoms with Crippen LogP contribution in [0.15, 0.2) is 33.7 Å². The van der Waals surface area contributed by atoms with Crippen molar-refractivity contribution in [3.8, 4) is 11.5 Å². The molecule has 1 aromatic rings. The highest BCUT2D eigenvalue weighted by atomic mass is 16.5. The lowest BCUT2D eigenvalue weighted by Crippen LogP contribution is -3.03. The van der Waals surface area contributed by atoms with Crippen LogP contribution in [0.5, 0.6) is 11.5 Å². The molecule has 0 fully saturated rings. The SMILES string of the molecule is COc1ccc(C[NH+]2C=NN=N2)cc1OC. The molecule has 1 atom stereocenters. The molecule has 0 saturated carbocycles. The average Bonchev–Trinajstić information content (AvgIpc) is 2.81. The van der Waals surface area contributed by atoms with Crippen LogP contribution in [0, 0.1) is 0 Å². The Morgan fingerprint density at radius 1 is 1.19 bits per heavy atom. The van der Waals surface area contributed by atoms with E-state index in [0.717, 1.165) is 16.3 Å². The Labute approximate surface area is 93.2 Å². The lowest BCUT2D eigenvalue weighted by Gasteiger charge is -2.09. The van der Waals surface area contributed by atoms with Gasteiger partial charge in [-0.25, -0.2) is 0 Å². The van der Waals surface area contributed by atoms with E-state index in [9.17, 15) is 0 Å². The first-order valence-electron chi connectivity index (χ1n) is 4.84. The summed E-state index contributed by atoms with van der Waals surface area (Å²) in [5.41, 5.74) is 1.08. The molecule has 0 aliphatic carbocycles. The first kappa shape index (κ1) is 10.6. The molecule has 1 unspecified atom stereocenters. The standard InChI is InChI=1S/C10H12N4O2/c1-15-9-4-3-8(5-10(9)16-2)6-14-7-11-12-13-14/h3-5,7H,6H2,1-2H3/p+1. The van der Waals surface area contributed by atoms with Gasteiger partial charge in [-0.2, -0.15) is 0 Å². The van der Waals surface area contributed by atoms with Crippen molar-refractivity contribution >= 4 is 6.34 Å². The number of rotatable bonds is 4. The lowest BCUT2D eigenvalue weighted by molar-refractivity contribution is -0.822. The van der Waals surface area contributed by atoms with Crippen molar-refractivity contribution in [2.75, 3.05) is 14.2 Å². The predicted molar refractivity (Wildman–Crippen MR) is 57.6 cm³/mol. The molecule has 1 aliphatic heterocycles. The van der Waals surface area contributed by atoms with E-state index >= 15 is 0 Å². The minimum absolute atomic E-state index is 0.688. The Morgan fingerprint density at radius 2 is 2.00 bits per heavy atom. The number of nitrogens with one attached hydrogen (secondary N) is 1. The minimum Gasteiger partial charge on any atom is -0.493 e. The van der Waals surface area contributed by atoms with E-state index in [2.05, 4.69) is 15.5 Å². The van der Waals surface area contributed by atoms with Crippen LogP contribution in [0.4, 0.5) is 0 Å². The van der Waals surface area contributed by atoms with Crippen molar-refractivity contribution in [1.29, 1.82) is 0 Å². The number of quaternary nitrogens is 1. The molecule has 1 aliphatic rings. The summed E-state index contributed by atoms with van der Waals surface area (Å²) in [6, 6.07) is 5.77. The van der Waals surface area contributed by atoms with E-state index in [-0.39, 0.29) is 0 Å². The monoisotopic (exact) mass is 221 g/mol. The molecule has 1 N–H and O–H groups in total. The van der Waals surface area contributed by atoms with Crippen molar-refractivity contribution in [2.24, 2.45) is 15.5 Å². The van der Waals surface area contributed by atoms with Crippen molar-refractivity contribution in [3.05, 3.63) is 23.8 Å². The van der Waals surface area contributed by atoms with Gasteiger partial charge in [-0.15, -0.1) is 5.01 Å². The second kappa shape index (κ2) is 4.71. The van der Waals surface area contributed by atoms with E-state index < -0.39 is 0 Å². The molecule has 0 spiro atoms. The van der Waals surface area contributed by atoms with Gasteiger partial charge in [0.1, 0.15) is 6.54 Å². The highest BCUT2D eigenvalue weighted by molar-refractivity contribution is 5.45. The summed E-state index contributed by atoms with van der Waals surface area (Å²) in [6.07, 6.45) is 1.65. The Bertz CT molecular complexity index is 419. The molecular formula is C10H13N4O2+. The van der Waals surface area contributed by atoms with Gasteiger partial charge in [0.2, 0.25) is 6.34 Å². The molecule has 0 aromatic heterocycles. The normalized spacial score (nSPS) is 17.8. The minimum atomic E-state index is 0.688. The Hall–Kier alpha value is -1.95. The molecule has 84 valence electrons. The zero-order chi connectivity index (χ0) is 11.4. The van der Waals surface area contributed by atoms with Crippen LogP contribution in [-0.2, 0) is 6.54 Å². The molecule has 0 amide bonds. The maximum Gasteiger partial charge on any atom is 0.238 e. The largest absolute Gasteiger partial charge is 0.493 e. The second-order valence-corrected chi connectivity index (χ2v) is 3.29. The number of benzene rings is 1. The van der Waals surface area contributed by atoms with Crippen LogP contribution in [0.2, 0.25) is 0 Å². The Balaban J connectivity index is 2.15. The van der Waals surface area contributed by atoms with Gasteiger partial charge in [0.05, 0.1) is 19.4 Å². The molecule has 0 radical (unpaired) electrons. The maximum absolute atomic E-state index is 5.22. The van der Waals surface area contributed by atoms with Gasteiger partial charge in [0, 0.05) is 10.8 Å². The Morgan fingerprint density at radius 3 is 2.62 bits per heavy atom. The van der Waals surface area contributed by atoms with Crippen molar-refractivity contribution < 1.29 is 14.5 Å². The van der Waals surface area contributed by atoms with Gasteiger partial charge in [0.25, 0.3) is 0 Å². The fraction of sp³-hybridized carbons (Fsp3) is 0.300. The maximum atomic E-state index is 5.22. The van der Waals surface area contributed by atoms with Gasteiger partial charge in [-0.05, 0) is 18.2 Å². The smallest absolute Gasteiger partial charge is 0.238 e. The summed E-state index contributed by atoms with van der Waals surface area (Å²) in [7, 11) is 3.23. The van der Waals surface area contributed by atoms with Crippen molar-refractivity contribution in [1.82, 2.24) is 0 Å². The molecule has 1 aromatic carbocycles. The molecule has 2 rings (SSSR count). The lowest BCUT2D eigenvalue weighted by atomic mass is 10.2. The quantitative estimate of drug-likeness (QED) is 0.800. The number of methoxy groups -OCH3 is 2. The summed E-state index contributed by atoms with van der Waals surface area (Å²) in [5, 5.41) is 11.9. The van der Waals surface area contributed by atoms with Gasteiger partial charge in [0.15, 0.2) is 11.5 Å². The average molecular weight is 221 g/mol. The van der Waals surface area contributed by atoms with Gasteiger partial charge >= 0.3 is 0 Å². The second-order valence-electron chi connectivity index (χ2n) is 3.29. The predicted octanol–water partition coefficient (Wildman–Crippen LogP) is 0.413. The zero-order valence-corrected chi connectivity index (χ0v) is 9.17. The van der Waals surface area contributed by atoms with E-state index in [4.69, 9.17) is 9.47 Å². The van der Waals surface area contributed by atoms with Gasteiger partial charge in [-0.3, -0.25) is 0 Å². The van der Waals surface area contributed by atoms with Gasteiger partial charge in [-0.1, -0.05) is 5.10 Å². The topological polar surface area (TPSA) is 60.0 Å². The van der Waals surface area contributed by atoms with E-state index in [1.807, 2.05) is 18.2 Å². The number of ether oxygens (including phenoxy) is 2. The van der Waals surface area contributed by atoms with Gasteiger partial charge < -0.3 is 9.47 Å². The third kappa shape index (κ3) is 2.17. The summed E-state index contributed by atoms with van der Waals surface area (Å²) in [6.45, 7) is 0.688. The van der Waals surface area contributed by atoms with Crippen LogP contribution in [0.25, 0.3) is 0 Å². The first-order chi connectivity index (χ1) is 7.83. The highest BCUT2D eigenvalue weighted by Gasteiger charge is 2.12. The first-order valence-corrected chi connectivity index (χ1v) is 4.84. The molecule has 6 heteroatoms. The molecule has 0 saturated heterocycles. The third-order valence-corrected chi connectivity index (χ3v) is 2.26. The number of nitrogens with zero attached hydrogens (tertiary/aromatic N) is 3. The molecule has 6 nitrogen and oxygen atoms in total.